The third kappa shape index (κ3) is 5.64. The topological polar surface area (TPSA) is 122 Å². The predicted octanol–water partition coefficient (Wildman–Crippen LogP) is -1.70. The van der Waals surface area contributed by atoms with E-state index in [9.17, 15) is 9.59 Å². The quantitative estimate of drug-likeness (QED) is 0.397. The lowest BCUT2D eigenvalue weighted by molar-refractivity contribution is -0.142. The third-order valence-electron chi connectivity index (χ3n) is 2.00. The number of ether oxygens (including phenoxy) is 1. The Labute approximate surface area is 93.6 Å². The number of carbonyl (C=O) groups is 2. The van der Waals surface area contributed by atoms with Gasteiger partial charge in [0.05, 0.1) is 6.04 Å². The molecule has 0 spiro atoms. The number of aliphatic carboxylic acids is 1. The monoisotopic (exact) mass is 234 g/mol. The number of hydrogen-bond donors (Lipinski definition) is 4. The molecule has 0 fully saturated rings. The number of carboxylic acid groups (broad SMARTS) is 1. The summed E-state index contributed by atoms with van der Waals surface area (Å²) in [5.41, 5.74) is 5.50. The zero-order valence-electron chi connectivity index (χ0n) is 9.18. The molecule has 5 N–H and O–H groups in total. The Kier molecular flexibility index (Phi) is 7.44. The molecule has 0 aromatic rings. The second-order valence-electron chi connectivity index (χ2n) is 3.30. The lowest BCUT2D eigenvalue weighted by atomic mass is 10.1. The molecule has 0 aliphatic rings. The van der Waals surface area contributed by atoms with Gasteiger partial charge in [-0.15, -0.1) is 0 Å². The molecule has 0 heterocycles. The van der Waals surface area contributed by atoms with E-state index in [0.29, 0.717) is 13.0 Å². The highest BCUT2D eigenvalue weighted by Crippen LogP contribution is 1.95. The van der Waals surface area contributed by atoms with Gasteiger partial charge in [-0.05, 0) is 6.42 Å². The second-order valence-corrected chi connectivity index (χ2v) is 3.30. The predicted molar refractivity (Wildman–Crippen MR) is 55.7 cm³/mol. The first kappa shape index (κ1) is 14.8. The van der Waals surface area contributed by atoms with Crippen LogP contribution in [0.4, 0.5) is 0 Å². The standard InChI is InChI=1S/C9H18N2O5/c1-16-5-3-6(10)8(13)11-7(2-4-12)9(14)15/h6-7,12H,2-5,10H2,1H3,(H,11,13)(H,14,15). The summed E-state index contributed by atoms with van der Waals surface area (Å²) < 4.78 is 4.75. The summed E-state index contributed by atoms with van der Waals surface area (Å²) in [5, 5.41) is 19.6. The van der Waals surface area contributed by atoms with Crippen LogP contribution in [0.1, 0.15) is 12.8 Å². The van der Waals surface area contributed by atoms with Crippen LogP contribution in [0.5, 0.6) is 0 Å². The Morgan fingerprint density at radius 1 is 1.44 bits per heavy atom. The van der Waals surface area contributed by atoms with E-state index in [1.807, 2.05) is 0 Å². The van der Waals surface area contributed by atoms with Crippen molar-refractivity contribution in [1.29, 1.82) is 0 Å². The van der Waals surface area contributed by atoms with Crippen molar-refractivity contribution in [2.45, 2.75) is 24.9 Å². The van der Waals surface area contributed by atoms with Gasteiger partial charge in [-0.2, -0.15) is 0 Å². The number of aliphatic hydroxyl groups excluding tert-OH is 1. The molecule has 0 rings (SSSR count). The van der Waals surface area contributed by atoms with Gasteiger partial charge in [-0.1, -0.05) is 0 Å². The molecular formula is C9H18N2O5. The highest BCUT2D eigenvalue weighted by Gasteiger charge is 2.22. The number of carbonyl (C=O) groups excluding carboxylic acids is 1. The molecule has 7 nitrogen and oxygen atoms in total. The first-order valence-electron chi connectivity index (χ1n) is 4.91. The van der Waals surface area contributed by atoms with Gasteiger partial charge in [-0.3, -0.25) is 4.79 Å². The van der Waals surface area contributed by atoms with Gasteiger partial charge in [-0.25, -0.2) is 4.79 Å². The minimum absolute atomic E-state index is 0.0436. The zero-order chi connectivity index (χ0) is 12.6. The number of amides is 1. The SMILES string of the molecule is COCCC(N)C(=O)NC(CCO)C(=O)O. The minimum Gasteiger partial charge on any atom is -0.480 e. The van der Waals surface area contributed by atoms with Gasteiger partial charge in [0.15, 0.2) is 0 Å². The zero-order valence-corrected chi connectivity index (χ0v) is 9.18. The first-order chi connectivity index (χ1) is 7.52. The van der Waals surface area contributed by atoms with Crippen LogP contribution in [0.3, 0.4) is 0 Å². The Hall–Kier alpha value is -1.18. The largest absolute Gasteiger partial charge is 0.480 e. The van der Waals surface area contributed by atoms with Crippen molar-refractivity contribution in [3.05, 3.63) is 0 Å². The average Bonchev–Trinajstić information content (AvgIpc) is 2.24. The van der Waals surface area contributed by atoms with Crippen LogP contribution in [-0.2, 0) is 14.3 Å². The summed E-state index contributed by atoms with van der Waals surface area (Å²) in [6.07, 6.45) is 0.270. The van der Waals surface area contributed by atoms with E-state index in [2.05, 4.69) is 5.32 Å². The summed E-state index contributed by atoms with van der Waals surface area (Å²) in [4.78, 5) is 22.1. The summed E-state index contributed by atoms with van der Waals surface area (Å²) in [7, 11) is 1.48. The molecule has 0 radical (unpaired) electrons. The Morgan fingerprint density at radius 3 is 2.50 bits per heavy atom. The third-order valence-corrected chi connectivity index (χ3v) is 2.00. The summed E-state index contributed by atoms with van der Waals surface area (Å²) >= 11 is 0. The van der Waals surface area contributed by atoms with Crippen LogP contribution >= 0.6 is 0 Å². The van der Waals surface area contributed by atoms with Crippen molar-refractivity contribution in [3.63, 3.8) is 0 Å². The van der Waals surface area contributed by atoms with E-state index in [1.165, 1.54) is 7.11 Å². The van der Waals surface area contributed by atoms with E-state index in [4.69, 9.17) is 20.7 Å². The van der Waals surface area contributed by atoms with Crippen LogP contribution in [0.2, 0.25) is 0 Å². The molecule has 0 aliphatic carbocycles. The highest BCUT2D eigenvalue weighted by atomic mass is 16.5. The van der Waals surface area contributed by atoms with Crippen molar-refractivity contribution < 1.29 is 24.5 Å². The summed E-state index contributed by atoms with van der Waals surface area (Å²) in [6, 6.07) is -1.91. The van der Waals surface area contributed by atoms with Crippen molar-refractivity contribution in [2.24, 2.45) is 5.73 Å². The Morgan fingerprint density at radius 2 is 2.06 bits per heavy atom. The maximum atomic E-state index is 11.4. The van der Waals surface area contributed by atoms with Gasteiger partial charge < -0.3 is 26.0 Å². The van der Waals surface area contributed by atoms with Gasteiger partial charge in [0.2, 0.25) is 5.91 Å². The van der Waals surface area contributed by atoms with Crippen molar-refractivity contribution in [1.82, 2.24) is 5.32 Å². The smallest absolute Gasteiger partial charge is 0.326 e. The molecule has 16 heavy (non-hydrogen) atoms. The molecule has 0 aromatic heterocycles. The second kappa shape index (κ2) is 8.03. The lowest BCUT2D eigenvalue weighted by Gasteiger charge is -2.16. The number of nitrogens with two attached hydrogens (primary N) is 1. The van der Waals surface area contributed by atoms with E-state index in [0.717, 1.165) is 0 Å². The normalized spacial score (nSPS) is 14.2. The van der Waals surface area contributed by atoms with E-state index in [1.54, 1.807) is 0 Å². The van der Waals surface area contributed by atoms with E-state index >= 15 is 0 Å². The minimum atomic E-state index is -1.19. The fraction of sp³-hybridized carbons (Fsp3) is 0.778. The molecule has 7 heteroatoms. The van der Waals surface area contributed by atoms with E-state index in [-0.39, 0.29) is 13.0 Å². The molecule has 0 saturated carbocycles. The number of aliphatic hydroxyl groups is 1. The summed E-state index contributed by atoms with van der Waals surface area (Å²) in [6.45, 7) is 0.0108. The fourth-order valence-electron chi connectivity index (χ4n) is 1.04. The molecule has 1 amide bonds. The van der Waals surface area contributed by atoms with Gasteiger partial charge in [0.25, 0.3) is 0 Å². The van der Waals surface area contributed by atoms with Gasteiger partial charge in [0.1, 0.15) is 6.04 Å². The number of carboxylic acids is 1. The van der Waals surface area contributed by atoms with Crippen molar-refractivity contribution in [3.8, 4) is 0 Å². The molecule has 94 valence electrons. The molecule has 0 saturated heterocycles. The lowest BCUT2D eigenvalue weighted by Crippen LogP contribution is -2.49. The van der Waals surface area contributed by atoms with Crippen LogP contribution in [0.15, 0.2) is 0 Å². The fourth-order valence-corrected chi connectivity index (χ4v) is 1.04. The number of nitrogens with one attached hydrogen (secondary N) is 1. The number of methoxy groups -OCH3 is 1. The van der Waals surface area contributed by atoms with Gasteiger partial charge in [0, 0.05) is 26.7 Å². The molecule has 0 aliphatic heterocycles. The number of rotatable bonds is 8. The van der Waals surface area contributed by atoms with Gasteiger partial charge >= 0.3 is 5.97 Å². The molecule has 2 atom stereocenters. The Bertz CT molecular complexity index is 234. The highest BCUT2D eigenvalue weighted by molar-refractivity contribution is 5.86. The Balaban J connectivity index is 4.12. The van der Waals surface area contributed by atoms with Crippen molar-refractivity contribution in [2.75, 3.05) is 20.3 Å². The number of hydrogen-bond acceptors (Lipinski definition) is 5. The van der Waals surface area contributed by atoms with E-state index < -0.39 is 24.0 Å². The molecule has 0 aromatic carbocycles. The van der Waals surface area contributed by atoms with Crippen LogP contribution < -0.4 is 11.1 Å². The molecule has 2 unspecified atom stereocenters. The maximum Gasteiger partial charge on any atom is 0.326 e. The maximum absolute atomic E-state index is 11.4. The first-order valence-corrected chi connectivity index (χ1v) is 4.91. The summed E-state index contributed by atoms with van der Waals surface area (Å²) in [5.74, 6) is -1.75. The molecule has 0 bridgehead atoms. The van der Waals surface area contributed by atoms with Crippen LogP contribution in [0, 0.1) is 0 Å². The van der Waals surface area contributed by atoms with Crippen LogP contribution in [-0.4, -0.2) is 54.5 Å². The molecular weight excluding hydrogens is 216 g/mol. The average molecular weight is 234 g/mol. The van der Waals surface area contributed by atoms with Crippen molar-refractivity contribution >= 4 is 11.9 Å². The van der Waals surface area contributed by atoms with Crippen LogP contribution in [0.25, 0.3) is 0 Å².